The van der Waals surface area contributed by atoms with Crippen molar-refractivity contribution >= 4 is 11.6 Å². The molecule has 2 aromatic rings. The van der Waals surface area contributed by atoms with Gasteiger partial charge in [-0.05, 0) is 42.0 Å². The van der Waals surface area contributed by atoms with Gasteiger partial charge in [0.25, 0.3) is 5.91 Å². The minimum absolute atomic E-state index is 0.192. The number of rotatable bonds is 4. The Hall–Kier alpha value is -2.57. The minimum atomic E-state index is -4.69. The lowest BCUT2D eigenvalue weighted by Crippen LogP contribution is -2.24. The van der Waals surface area contributed by atoms with Crippen LogP contribution in [0.2, 0.25) is 0 Å². The standard InChI is InChI=1S/C17H16F4N2O/c1-23(2)14-7-4-11(5-8-14)16(24)22-10-12-3-6-13(18)9-15(12)17(19,20)21/h3-9H,10H2,1-2H3,(H,22,24). The number of nitrogens with zero attached hydrogens (tertiary/aromatic N) is 1. The van der Waals surface area contributed by atoms with Gasteiger partial charge in [-0.3, -0.25) is 4.79 Å². The van der Waals surface area contributed by atoms with Crippen LogP contribution < -0.4 is 10.2 Å². The molecule has 0 aliphatic rings. The Balaban J connectivity index is 2.12. The van der Waals surface area contributed by atoms with Crippen LogP contribution in [0.25, 0.3) is 0 Å². The van der Waals surface area contributed by atoms with Crippen molar-refractivity contribution in [3.05, 3.63) is 65.0 Å². The van der Waals surface area contributed by atoms with Gasteiger partial charge in [-0.2, -0.15) is 13.2 Å². The first-order valence-electron chi connectivity index (χ1n) is 7.09. The summed E-state index contributed by atoms with van der Waals surface area (Å²) in [6, 6.07) is 9.01. The van der Waals surface area contributed by atoms with Crippen LogP contribution in [0, 0.1) is 5.82 Å². The first kappa shape index (κ1) is 17.8. The molecule has 128 valence electrons. The number of carbonyl (C=O) groups excluding carboxylic acids is 1. The lowest BCUT2D eigenvalue weighted by atomic mass is 10.1. The summed E-state index contributed by atoms with van der Waals surface area (Å²) in [6.45, 7) is -0.344. The summed E-state index contributed by atoms with van der Waals surface area (Å²) in [5.41, 5.74) is -0.0615. The van der Waals surface area contributed by atoms with Crippen molar-refractivity contribution in [2.45, 2.75) is 12.7 Å². The van der Waals surface area contributed by atoms with E-state index in [0.29, 0.717) is 11.6 Å². The summed E-state index contributed by atoms with van der Waals surface area (Å²) in [5.74, 6) is -1.48. The van der Waals surface area contributed by atoms with Crippen LogP contribution in [0.4, 0.5) is 23.2 Å². The quantitative estimate of drug-likeness (QED) is 0.858. The molecule has 2 aromatic carbocycles. The molecule has 24 heavy (non-hydrogen) atoms. The number of alkyl halides is 3. The highest BCUT2D eigenvalue weighted by molar-refractivity contribution is 5.94. The van der Waals surface area contributed by atoms with Gasteiger partial charge in [0.05, 0.1) is 5.56 Å². The summed E-state index contributed by atoms with van der Waals surface area (Å²) in [4.78, 5) is 13.9. The van der Waals surface area contributed by atoms with Gasteiger partial charge in [-0.1, -0.05) is 6.07 Å². The topological polar surface area (TPSA) is 32.3 Å². The molecule has 0 aliphatic carbocycles. The maximum absolute atomic E-state index is 13.1. The van der Waals surface area contributed by atoms with Crippen LogP contribution in [0.3, 0.4) is 0 Å². The molecular formula is C17H16F4N2O. The van der Waals surface area contributed by atoms with Crippen LogP contribution in [0.1, 0.15) is 21.5 Å². The van der Waals surface area contributed by atoms with Gasteiger partial charge >= 0.3 is 6.18 Å². The van der Waals surface area contributed by atoms with Crippen LogP contribution in [-0.4, -0.2) is 20.0 Å². The Bertz CT molecular complexity index is 724. The molecule has 3 nitrogen and oxygen atoms in total. The van der Waals surface area contributed by atoms with Crippen molar-refractivity contribution < 1.29 is 22.4 Å². The Labute approximate surface area is 136 Å². The molecule has 0 spiro atoms. The zero-order chi connectivity index (χ0) is 17.9. The molecule has 0 fully saturated rings. The monoisotopic (exact) mass is 340 g/mol. The third-order valence-corrected chi connectivity index (χ3v) is 3.46. The first-order chi connectivity index (χ1) is 11.2. The highest BCUT2D eigenvalue weighted by Crippen LogP contribution is 2.32. The number of benzene rings is 2. The fourth-order valence-electron chi connectivity index (χ4n) is 2.16. The molecule has 0 bridgehead atoms. The van der Waals surface area contributed by atoms with Crippen molar-refractivity contribution in [3.63, 3.8) is 0 Å². The Kier molecular flexibility index (Phi) is 5.11. The Morgan fingerprint density at radius 1 is 1.08 bits per heavy atom. The lowest BCUT2D eigenvalue weighted by Gasteiger charge is -2.14. The van der Waals surface area contributed by atoms with Crippen molar-refractivity contribution in [2.24, 2.45) is 0 Å². The van der Waals surface area contributed by atoms with Gasteiger partial charge in [0.1, 0.15) is 5.82 Å². The average Bonchev–Trinajstić information content (AvgIpc) is 2.52. The van der Waals surface area contributed by atoms with E-state index < -0.39 is 23.5 Å². The molecule has 0 unspecified atom stereocenters. The van der Waals surface area contributed by atoms with Crippen LogP contribution in [0.5, 0.6) is 0 Å². The summed E-state index contributed by atoms with van der Waals surface area (Å²) in [6.07, 6.45) is -4.69. The molecule has 0 saturated heterocycles. The summed E-state index contributed by atoms with van der Waals surface area (Å²) < 4.78 is 51.8. The Morgan fingerprint density at radius 2 is 1.71 bits per heavy atom. The van der Waals surface area contributed by atoms with Gasteiger partial charge in [-0.25, -0.2) is 4.39 Å². The second kappa shape index (κ2) is 6.90. The molecule has 0 radical (unpaired) electrons. The maximum atomic E-state index is 13.1. The van der Waals surface area contributed by atoms with Gasteiger partial charge in [0.15, 0.2) is 0 Å². The highest BCUT2D eigenvalue weighted by atomic mass is 19.4. The second-order valence-electron chi connectivity index (χ2n) is 5.42. The molecular weight excluding hydrogens is 324 g/mol. The van der Waals surface area contributed by atoms with Gasteiger partial charge < -0.3 is 10.2 Å². The molecule has 2 rings (SSSR count). The second-order valence-corrected chi connectivity index (χ2v) is 5.42. The first-order valence-corrected chi connectivity index (χ1v) is 7.09. The average molecular weight is 340 g/mol. The Morgan fingerprint density at radius 3 is 2.25 bits per heavy atom. The molecule has 0 heterocycles. The van der Waals surface area contributed by atoms with Crippen molar-refractivity contribution in [1.82, 2.24) is 5.32 Å². The number of carbonyl (C=O) groups is 1. The van der Waals surface area contributed by atoms with Crippen molar-refractivity contribution in [2.75, 3.05) is 19.0 Å². The predicted molar refractivity (Wildman–Crippen MR) is 83.3 cm³/mol. The van der Waals surface area contributed by atoms with Crippen LogP contribution >= 0.6 is 0 Å². The van der Waals surface area contributed by atoms with E-state index in [9.17, 15) is 22.4 Å². The fourth-order valence-corrected chi connectivity index (χ4v) is 2.16. The lowest BCUT2D eigenvalue weighted by molar-refractivity contribution is -0.138. The van der Waals surface area contributed by atoms with Crippen molar-refractivity contribution in [1.29, 1.82) is 0 Å². The summed E-state index contributed by atoms with van der Waals surface area (Å²) >= 11 is 0. The third-order valence-electron chi connectivity index (χ3n) is 3.46. The SMILES string of the molecule is CN(C)c1ccc(C(=O)NCc2ccc(F)cc2C(F)(F)F)cc1. The largest absolute Gasteiger partial charge is 0.416 e. The zero-order valence-electron chi connectivity index (χ0n) is 13.1. The number of amides is 1. The molecule has 0 saturated carbocycles. The number of anilines is 1. The summed E-state index contributed by atoms with van der Waals surface area (Å²) in [7, 11) is 3.70. The van der Waals surface area contributed by atoms with E-state index in [1.807, 2.05) is 19.0 Å². The van der Waals surface area contributed by atoms with Gasteiger partial charge in [-0.15, -0.1) is 0 Å². The fraction of sp³-hybridized carbons (Fsp3) is 0.235. The van der Waals surface area contributed by atoms with Crippen molar-refractivity contribution in [3.8, 4) is 0 Å². The van der Waals surface area contributed by atoms with E-state index in [0.717, 1.165) is 17.8 Å². The number of hydrogen-bond acceptors (Lipinski definition) is 2. The molecule has 0 atom stereocenters. The van der Waals surface area contributed by atoms with Crippen LogP contribution in [0.15, 0.2) is 42.5 Å². The smallest absolute Gasteiger partial charge is 0.378 e. The minimum Gasteiger partial charge on any atom is -0.378 e. The van der Waals surface area contributed by atoms with E-state index in [4.69, 9.17) is 0 Å². The van der Waals surface area contributed by atoms with E-state index in [2.05, 4.69) is 5.32 Å². The normalized spacial score (nSPS) is 11.2. The maximum Gasteiger partial charge on any atom is 0.416 e. The molecule has 7 heteroatoms. The van der Waals surface area contributed by atoms with Crippen LogP contribution in [-0.2, 0) is 12.7 Å². The van der Waals surface area contributed by atoms with E-state index >= 15 is 0 Å². The molecule has 0 aromatic heterocycles. The highest BCUT2D eigenvalue weighted by Gasteiger charge is 2.33. The molecule has 0 aliphatic heterocycles. The third kappa shape index (κ3) is 4.24. The summed E-state index contributed by atoms with van der Waals surface area (Å²) in [5, 5.41) is 2.42. The van der Waals surface area contributed by atoms with E-state index in [1.165, 1.54) is 0 Å². The zero-order valence-corrected chi connectivity index (χ0v) is 13.1. The molecule has 1 amide bonds. The van der Waals surface area contributed by atoms with E-state index in [1.54, 1.807) is 24.3 Å². The number of halogens is 4. The van der Waals surface area contributed by atoms with Gasteiger partial charge in [0, 0.05) is 31.9 Å². The number of hydrogen-bond donors (Lipinski definition) is 1. The van der Waals surface area contributed by atoms with Gasteiger partial charge in [0.2, 0.25) is 0 Å². The molecule has 1 N–H and O–H groups in total. The van der Waals surface area contributed by atoms with E-state index in [-0.39, 0.29) is 12.1 Å². The predicted octanol–water partition coefficient (Wildman–Crippen LogP) is 3.84. The number of nitrogens with one attached hydrogen (secondary N) is 1.